The largest absolute Gasteiger partial charge is 0.396 e. The molecule has 0 aliphatic heterocycles. The SMILES string of the molecule is OCCCNCC1CCCCCC1. The second kappa shape index (κ2) is 7.34. The molecular formula is C11H23NO. The Bertz CT molecular complexity index is 109. The minimum Gasteiger partial charge on any atom is -0.396 e. The van der Waals surface area contributed by atoms with Crippen LogP contribution in [0.4, 0.5) is 0 Å². The lowest BCUT2D eigenvalue weighted by atomic mass is 10.0. The molecule has 2 nitrogen and oxygen atoms in total. The van der Waals surface area contributed by atoms with Gasteiger partial charge < -0.3 is 10.4 Å². The monoisotopic (exact) mass is 185 g/mol. The van der Waals surface area contributed by atoms with Crippen molar-refractivity contribution in [3.8, 4) is 0 Å². The minimum absolute atomic E-state index is 0.317. The molecule has 0 aromatic carbocycles. The van der Waals surface area contributed by atoms with Gasteiger partial charge in [0.15, 0.2) is 0 Å². The van der Waals surface area contributed by atoms with Crippen molar-refractivity contribution in [3.05, 3.63) is 0 Å². The molecule has 0 aromatic heterocycles. The molecule has 0 radical (unpaired) electrons. The lowest BCUT2D eigenvalue weighted by Crippen LogP contribution is -2.24. The Morgan fingerprint density at radius 2 is 1.77 bits per heavy atom. The summed E-state index contributed by atoms with van der Waals surface area (Å²) < 4.78 is 0. The molecule has 13 heavy (non-hydrogen) atoms. The normalized spacial score (nSPS) is 20.1. The lowest BCUT2D eigenvalue weighted by molar-refractivity contribution is 0.283. The Morgan fingerprint density at radius 1 is 1.08 bits per heavy atom. The first-order valence-electron chi connectivity index (χ1n) is 5.75. The molecule has 1 aliphatic carbocycles. The second-order valence-electron chi connectivity index (χ2n) is 4.14. The molecule has 1 aliphatic rings. The van der Waals surface area contributed by atoms with Crippen LogP contribution in [0, 0.1) is 5.92 Å². The molecule has 0 saturated heterocycles. The van der Waals surface area contributed by atoms with E-state index >= 15 is 0 Å². The standard InChI is InChI=1S/C11H23NO/c13-9-5-8-12-10-11-6-3-1-2-4-7-11/h11-13H,1-10H2. The maximum Gasteiger partial charge on any atom is 0.0443 e. The van der Waals surface area contributed by atoms with Gasteiger partial charge in [0.25, 0.3) is 0 Å². The van der Waals surface area contributed by atoms with Gasteiger partial charge in [0.05, 0.1) is 0 Å². The van der Waals surface area contributed by atoms with Gasteiger partial charge in [-0.3, -0.25) is 0 Å². The van der Waals surface area contributed by atoms with Gasteiger partial charge in [-0.1, -0.05) is 25.7 Å². The molecule has 0 heterocycles. The molecule has 0 atom stereocenters. The average molecular weight is 185 g/mol. The Kier molecular flexibility index (Phi) is 6.21. The zero-order valence-corrected chi connectivity index (χ0v) is 8.60. The molecule has 0 amide bonds. The van der Waals surface area contributed by atoms with E-state index in [1.165, 1.54) is 45.1 Å². The molecule has 1 saturated carbocycles. The van der Waals surface area contributed by atoms with E-state index in [1.54, 1.807) is 0 Å². The fourth-order valence-electron chi connectivity index (χ4n) is 2.08. The van der Waals surface area contributed by atoms with Gasteiger partial charge in [0, 0.05) is 6.61 Å². The van der Waals surface area contributed by atoms with Crippen LogP contribution in [0.1, 0.15) is 44.9 Å². The molecule has 0 bridgehead atoms. The molecule has 0 unspecified atom stereocenters. The van der Waals surface area contributed by atoms with E-state index in [0.717, 1.165) is 18.9 Å². The molecule has 1 rings (SSSR count). The van der Waals surface area contributed by atoms with E-state index in [9.17, 15) is 0 Å². The highest BCUT2D eigenvalue weighted by molar-refractivity contribution is 4.66. The fraction of sp³-hybridized carbons (Fsp3) is 1.00. The highest BCUT2D eigenvalue weighted by Gasteiger charge is 2.10. The van der Waals surface area contributed by atoms with E-state index < -0.39 is 0 Å². The van der Waals surface area contributed by atoms with Crippen molar-refractivity contribution in [2.24, 2.45) is 5.92 Å². The van der Waals surface area contributed by atoms with Gasteiger partial charge in [0.2, 0.25) is 0 Å². The Labute approximate surface area is 81.7 Å². The third-order valence-electron chi connectivity index (χ3n) is 2.92. The summed E-state index contributed by atoms with van der Waals surface area (Å²) in [4.78, 5) is 0. The van der Waals surface area contributed by atoms with Crippen LogP contribution in [0.3, 0.4) is 0 Å². The number of hydrogen-bond donors (Lipinski definition) is 2. The topological polar surface area (TPSA) is 32.3 Å². The first kappa shape index (κ1) is 11.0. The van der Waals surface area contributed by atoms with E-state index in [4.69, 9.17) is 5.11 Å². The van der Waals surface area contributed by atoms with Crippen LogP contribution in [0.5, 0.6) is 0 Å². The zero-order chi connectivity index (χ0) is 9.36. The van der Waals surface area contributed by atoms with Crippen LogP contribution in [0.25, 0.3) is 0 Å². The van der Waals surface area contributed by atoms with Crippen molar-refractivity contribution in [2.75, 3.05) is 19.7 Å². The van der Waals surface area contributed by atoms with Crippen LogP contribution in [0.15, 0.2) is 0 Å². The van der Waals surface area contributed by atoms with E-state index in [0.29, 0.717) is 6.61 Å². The summed E-state index contributed by atoms with van der Waals surface area (Å²) in [5.74, 6) is 0.904. The van der Waals surface area contributed by atoms with Crippen LogP contribution >= 0.6 is 0 Å². The lowest BCUT2D eigenvalue weighted by Gasteiger charge is -2.14. The van der Waals surface area contributed by atoms with Crippen LogP contribution in [0.2, 0.25) is 0 Å². The van der Waals surface area contributed by atoms with Gasteiger partial charge in [0.1, 0.15) is 0 Å². The van der Waals surface area contributed by atoms with Crippen LogP contribution in [-0.4, -0.2) is 24.8 Å². The van der Waals surface area contributed by atoms with Crippen molar-refractivity contribution < 1.29 is 5.11 Å². The summed E-state index contributed by atoms with van der Waals surface area (Å²) >= 11 is 0. The highest BCUT2D eigenvalue weighted by Crippen LogP contribution is 2.21. The fourth-order valence-corrected chi connectivity index (χ4v) is 2.08. The summed E-state index contributed by atoms with van der Waals surface area (Å²) in [6, 6.07) is 0. The van der Waals surface area contributed by atoms with E-state index in [-0.39, 0.29) is 0 Å². The number of rotatable bonds is 5. The third-order valence-corrected chi connectivity index (χ3v) is 2.92. The summed E-state index contributed by atoms with van der Waals surface area (Å²) in [7, 11) is 0. The second-order valence-corrected chi connectivity index (χ2v) is 4.14. The summed E-state index contributed by atoms with van der Waals surface area (Å²) in [5, 5.41) is 12.0. The first-order chi connectivity index (χ1) is 6.43. The number of nitrogens with one attached hydrogen (secondary N) is 1. The van der Waals surface area contributed by atoms with Crippen molar-refractivity contribution >= 4 is 0 Å². The van der Waals surface area contributed by atoms with Gasteiger partial charge in [-0.05, 0) is 38.3 Å². The maximum atomic E-state index is 8.61. The van der Waals surface area contributed by atoms with Crippen molar-refractivity contribution in [2.45, 2.75) is 44.9 Å². The predicted molar refractivity (Wildman–Crippen MR) is 55.8 cm³/mol. The number of aliphatic hydroxyl groups excluding tert-OH is 1. The molecule has 78 valence electrons. The van der Waals surface area contributed by atoms with Gasteiger partial charge >= 0.3 is 0 Å². The summed E-state index contributed by atoms with van der Waals surface area (Å²) in [6.45, 7) is 2.46. The quantitative estimate of drug-likeness (QED) is 0.507. The molecule has 0 aromatic rings. The van der Waals surface area contributed by atoms with Gasteiger partial charge in [-0.2, -0.15) is 0 Å². The first-order valence-corrected chi connectivity index (χ1v) is 5.75. The number of aliphatic hydroxyl groups is 1. The smallest absolute Gasteiger partial charge is 0.0443 e. The predicted octanol–water partition coefficient (Wildman–Crippen LogP) is 1.93. The van der Waals surface area contributed by atoms with Crippen LogP contribution < -0.4 is 5.32 Å². The molecule has 1 fully saturated rings. The van der Waals surface area contributed by atoms with E-state index in [1.807, 2.05) is 0 Å². The van der Waals surface area contributed by atoms with Crippen molar-refractivity contribution in [3.63, 3.8) is 0 Å². The zero-order valence-electron chi connectivity index (χ0n) is 8.60. The summed E-state index contributed by atoms with van der Waals surface area (Å²) in [6.07, 6.45) is 9.43. The van der Waals surface area contributed by atoms with Gasteiger partial charge in [-0.15, -0.1) is 0 Å². The van der Waals surface area contributed by atoms with Crippen molar-refractivity contribution in [1.82, 2.24) is 5.32 Å². The molecule has 2 heteroatoms. The van der Waals surface area contributed by atoms with E-state index in [2.05, 4.69) is 5.32 Å². The van der Waals surface area contributed by atoms with Crippen LogP contribution in [-0.2, 0) is 0 Å². The average Bonchev–Trinajstić information content (AvgIpc) is 2.41. The third kappa shape index (κ3) is 5.27. The minimum atomic E-state index is 0.317. The molecule has 2 N–H and O–H groups in total. The van der Waals surface area contributed by atoms with Gasteiger partial charge in [-0.25, -0.2) is 0 Å². The summed E-state index contributed by atoms with van der Waals surface area (Å²) in [5.41, 5.74) is 0. The molecule has 0 spiro atoms. The Balaban J connectivity index is 1.98. The highest BCUT2D eigenvalue weighted by atomic mass is 16.3. The number of hydrogen-bond acceptors (Lipinski definition) is 2. The Hall–Kier alpha value is -0.0800. The maximum absolute atomic E-state index is 8.61. The van der Waals surface area contributed by atoms with Crippen molar-refractivity contribution in [1.29, 1.82) is 0 Å². The Morgan fingerprint density at radius 3 is 2.38 bits per heavy atom. The molecular weight excluding hydrogens is 162 g/mol.